The van der Waals surface area contributed by atoms with Gasteiger partial charge in [0.25, 0.3) is 10.0 Å². The first-order chi connectivity index (χ1) is 8.45. The second-order valence-corrected chi connectivity index (χ2v) is 6.37. The molecule has 1 aromatic heterocycles. The number of hydrogen-bond donors (Lipinski definition) is 1. The lowest BCUT2D eigenvalue weighted by molar-refractivity contribution is 0.0916. The van der Waals surface area contributed by atoms with Crippen LogP contribution in [0.25, 0.3) is 0 Å². The van der Waals surface area contributed by atoms with Crippen molar-refractivity contribution in [2.75, 3.05) is 7.11 Å². The molecular weight excluding hydrogens is 278 g/mol. The van der Waals surface area contributed by atoms with Crippen LogP contribution in [0, 0.1) is 0 Å². The van der Waals surface area contributed by atoms with Crippen molar-refractivity contribution in [1.29, 1.82) is 0 Å². The van der Waals surface area contributed by atoms with Gasteiger partial charge in [0, 0.05) is 20.2 Å². The van der Waals surface area contributed by atoms with Gasteiger partial charge in [-0.25, -0.2) is 18.1 Å². The number of halogens is 1. The number of nitrogens with one attached hydrogen (secondary N) is 1. The monoisotopic (exact) mass is 293 g/mol. The summed E-state index contributed by atoms with van der Waals surface area (Å²) >= 11 is 5.90. The molecule has 0 saturated heterocycles. The molecular formula is C10H16ClN3O3S. The Morgan fingerprint density at radius 3 is 2.83 bits per heavy atom. The van der Waals surface area contributed by atoms with E-state index in [9.17, 15) is 8.42 Å². The van der Waals surface area contributed by atoms with Crippen LogP contribution in [-0.2, 0) is 21.8 Å². The molecule has 1 aliphatic rings. The molecule has 0 spiro atoms. The molecule has 0 aromatic carbocycles. The summed E-state index contributed by atoms with van der Waals surface area (Å²) in [7, 11) is -0.461. The Balaban J connectivity index is 2.20. The Morgan fingerprint density at radius 1 is 1.56 bits per heavy atom. The Bertz CT molecular complexity index is 528. The van der Waals surface area contributed by atoms with E-state index in [-0.39, 0.29) is 22.3 Å². The lowest BCUT2D eigenvalue weighted by Crippen LogP contribution is -2.40. The quantitative estimate of drug-likeness (QED) is 0.896. The fourth-order valence-corrected chi connectivity index (χ4v) is 3.90. The maximum absolute atomic E-state index is 12.2. The number of hydrogen-bond acceptors (Lipinski definition) is 4. The molecule has 102 valence electrons. The third-order valence-corrected chi connectivity index (χ3v) is 5.13. The van der Waals surface area contributed by atoms with Gasteiger partial charge in [-0.05, 0) is 19.3 Å². The van der Waals surface area contributed by atoms with Gasteiger partial charge in [0.15, 0.2) is 0 Å². The van der Waals surface area contributed by atoms with E-state index in [1.807, 2.05) is 0 Å². The first-order valence-electron chi connectivity index (χ1n) is 5.67. The standard InChI is InChI=1S/C10H16ClN3O3S/c1-14-6-12-10(9(14)11)18(15,16)13-7-4-3-5-8(7)17-2/h6-8,13H,3-5H2,1-2H3. The zero-order chi connectivity index (χ0) is 13.3. The number of imidazole rings is 1. The van der Waals surface area contributed by atoms with Crippen molar-refractivity contribution < 1.29 is 13.2 Å². The van der Waals surface area contributed by atoms with Gasteiger partial charge < -0.3 is 9.30 Å². The van der Waals surface area contributed by atoms with Crippen molar-refractivity contribution in [2.24, 2.45) is 7.05 Å². The number of nitrogens with zero attached hydrogens (tertiary/aromatic N) is 2. The van der Waals surface area contributed by atoms with E-state index in [1.165, 1.54) is 10.9 Å². The van der Waals surface area contributed by atoms with Crippen molar-refractivity contribution in [3.05, 3.63) is 11.5 Å². The summed E-state index contributed by atoms with van der Waals surface area (Å²) in [4.78, 5) is 3.82. The van der Waals surface area contributed by atoms with E-state index in [0.717, 1.165) is 19.3 Å². The summed E-state index contributed by atoms with van der Waals surface area (Å²) in [6.45, 7) is 0. The summed E-state index contributed by atoms with van der Waals surface area (Å²) in [5.41, 5.74) is 0. The van der Waals surface area contributed by atoms with Gasteiger partial charge in [-0.3, -0.25) is 0 Å². The summed E-state index contributed by atoms with van der Waals surface area (Å²) in [5, 5.41) is -0.0251. The van der Waals surface area contributed by atoms with Crippen molar-refractivity contribution in [3.8, 4) is 0 Å². The molecule has 1 N–H and O–H groups in total. The van der Waals surface area contributed by atoms with Crippen LogP contribution in [0.3, 0.4) is 0 Å². The van der Waals surface area contributed by atoms with Crippen molar-refractivity contribution in [1.82, 2.24) is 14.3 Å². The van der Waals surface area contributed by atoms with Crippen LogP contribution in [0.2, 0.25) is 5.15 Å². The minimum absolute atomic E-state index is 0.0812. The fraction of sp³-hybridized carbons (Fsp3) is 0.700. The first kappa shape index (κ1) is 13.8. The van der Waals surface area contributed by atoms with Gasteiger partial charge in [0.1, 0.15) is 5.15 Å². The first-order valence-corrected chi connectivity index (χ1v) is 7.53. The number of aryl methyl sites for hydroxylation is 1. The van der Waals surface area contributed by atoms with E-state index >= 15 is 0 Å². The van der Waals surface area contributed by atoms with E-state index < -0.39 is 10.0 Å². The van der Waals surface area contributed by atoms with Crippen LogP contribution in [0.15, 0.2) is 11.4 Å². The zero-order valence-electron chi connectivity index (χ0n) is 10.3. The summed E-state index contributed by atoms with van der Waals surface area (Å²) in [6, 6.07) is -0.210. The highest BCUT2D eigenvalue weighted by Gasteiger charge is 2.33. The Hall–Kier alpha value is -0.630. The summed E-state index contributed by atoms with van der Waals surface area (Å²) in [6.07, 6.45) is 3.87. The molecule has 2 rings (SSSR count). The van der Waals surface area contributed by atoms with E-state index in [2.05, 4.69) is 9.71 Å². The van der Waals surface area contributed by atoms with Crippen LogP contribution < -0.4 is 4.72 Å². The molecule has 1 heterocycles. The highest BCUT2D eigenvalue weighted by atomic mass is 35.5. The Morgan fingerprint density at radius 2 is 2.28 bits per heavy atom. The SMILES string of the molecule is COC1CCCC1NS(=O)(=O)c1ncn(C)c1Cl. The maximum atomic E-state index is 12.2. The minimum Gasteiger partial charge on any atom is -0.380 e. The van der Waals surface area contributed by atoms with Crippen molar-refractivity contribution in [2.45, 2.75) is 36.4 Å². The van der Waals surface area contributed by atoms with Gasteiger partial charge in [-0.2, -0.15) is 0 Å². The molecule has 0 bridgehead atoms. The highest BCUT2D eigenvalue weighted by molar-refractivity contribution is 7.89. The van der Waals surface area contributed by atoms with Gasteiger partial charge in [0.05, 0.1) is 12.4 Å². The topological polar surface area (TPSA) is 73.2 Å². The minimum atomic E-state index is -3.69. The van der Waals surface area contributed by atoms with Gasteiger partial charge in [-0.1, -0.05) is 11.6 Å². The smallest absolute Gasteiger partial charge is 0.261 e. The fourth-order valence-electron chi connectivity index (χ4n) is 2.17. The predicted molar refractivity (Wildman–Crippen MR) is 67.0 cm³/mol. The average molecular weight is 294 g/mol. The molecule has 2 atom stereocenters. The van der Waals surface area contributed by atoms with Crippen LogP contribution in [-0.4, -0.2) is 37.2 Å². The molecule has 6 nitrogen and oxygen atoms in total. The molecule has 0 amide bonds. The van der Waals surface area contributed by atoms with Crippen LogP contribution in [0.1, 0.15) is 19.3 Å². The number of methoxy groups -OCH3 is 1. The molecule has 1 fully saturated rings. The van der Waals surface area contributed by atoms with Crippen LogP contribution >= 0.6 is 11.6 Å². The molecule has 0 aliphatic heterocycles. The number of ether oxygens (including phenoxy) is 1. The average Bonchev–Trinajstić information content (AvgIpc) is 2.87. The van der Waals surface area contributed by atoms with E-state index in [4.69, 9.17) is 16.3 Å². The summed E-state index contributed by atoms with van der Waals surface area (Å²) < 4.78 is 33.6. The molecule has 1 saturated carbocycles. The lowest BCUT2D eigenvalue weighted by Gasteiger charge is -2.18. The molecule has 2 unspecified atom stereocenters. The normalized spacial score (nSPS) is 24.6. The van der Waals surface area contributed by atoms with E-state index in [1.54, 1.807) is 14.2 Å². The maximum Gasteiger partial charge on any atom is 0.261 e. The second-order valence-electron chi connectivity index (χ2n) is 4.38. The summed E-state index contributed by atoms with van der Waals surface area (Å²) in [5.74, 6) is 0. The highest BCUT2D eigenvalue weighted by Crippen LogP contribution is 2.25. The molecule has 8 heteroatoms. The lowest BCUT2D eigenvalue weighted by atomic mass is 10.2. The number of aromatic nitrogens is 2. The Labute approximate surface area is 111 Å². The molecule has 1 aliphatic carbocycles. The Kier molecular flexibility index (Phi) is 3.96. The van der Waals surface area contributed by atoms with Crippen LogP contribution in [0.4, 0.5) is 0 Å². The number of sulfonamides is 1. The third kappa shape index (κ3) is 2.54. The molecule has 1 aromatic rings. The number of rotatable bonds is 4. The van der Waals surface area contributed by atoms with Gasteiger partial charge in [-0.15, -0.1) is 0 Å². The largest absolute Gasteiger partial charge is 0.380 e. The molecule has 18 heavy (non-hydrogen) atoms. The predicted octanol–water partition coefficient (Wildman–Crippen LogP) is 0.919. The van der Waals surface area contributed by atoms with Gasteiger partial charge >= 0.3 is 0 Å². The van der Waals surface area contributed by atoms with Gasteiger partial charge in [0.2, 0.25) is 5.03 Å². The zero-order valence-corrected chi connectivity index (χ0v) is 11.8. The second kappa shape index (κ2) is 5.16. The van der Waals surface area contributed by atoms with Crippen molar-refractivity contribution >= 4 is 21.6 Å². The van der Waals surface area contributed by atoms with Crippen molar-refractivity contribution in [3.63, 3.8) is 0 Å². The van der Waals surface area contributed by atoms with E-state index in [0.29, 0.717) is 0 Å². The third-order valence-electron chi connectivity index (χ3n) is 3.15. The van der Waals surface area contributed by atoms with Crippen LogP contribution in [0.5, 0.6) is 0 Å². The molecule has 0 radical (unpaired) electrons.